The van der Waals surface area contributed by atoms with Gasteiger partial charge in [-0.2, -0.15) is 0 Å². The summed E-state index contributed by atoms with van der Waals surface area (Å²) in [4.78, 5) is 39.1. The molecule has 0 saturated heterocycles. The van der Waals surface area contributed by atoms with E-state index >= 15 is 0 Å². The van der Waals surface area contributed by atoms with Crippen LogP contribution in [0, 0.1) is 0 Å². The zero-order valence-corrected chi connectivity index (χ0v) is 25.4. The molecule has 2 unspecified atom stereocenters. The average molecular weight is 526 g/mol. The van der Waals surface area contributed by atoms with E-state index in [0.29, 0.717) is 24.0 Å². The van der Waals surface area contributed by atoms with Crippen molar-refractivity contribution in [2.45, 2.75) is 96.3 Å². The minimum atomic E-state index is -1.66. The first-order valence-corrected chi connectivity index (χ1v) is 12.8. The number of carbonyl (C=O) groups is 3. The SMILES string of the molecule is CCCCCCCCCCCC(OC(CC)(C(=O)O)N1C=NCC1)C(=O)O.C[N+](C)(C)CC(=O)O.[Na+]. The number of hydrogen-bond donors (Lipinski definition) is 3. The Labute approximate surface area is 239 Å². The number of rotatable bonds is 18. The van der Waals surface area contributed by atoms with Crippen molar-refractivity contribution in [2.24, 2.45) is 4.99 Å². The minimum absolute atomic E-state index is 0. The molecular weight excluding hydrogens is 477 g/mol. The average Bonchev–Trinajstić information content (AvgIpc) is 3.28. The van der Waals surface area contributed by atoms with E-state index in [2.05, 4.69) is 11.9 Å². The van der Waals surface area contributed by atoms with Crippen molar-refractivity contribution in [1.29, 1.82) is 0 Å². The van der Waals surface area contributed by atoms with Gasteiger partial charge in [-0.15, -0.1) is 0 Å². The van der Waals surface area contributed by atoms with Crippen molar-refractivity contribution in [3.8, 4) is 0 Å². The molecule has 204 valence electrons. The van der Waals surface area contributed by atoms with E-state index in [-0.39, 0.29) is 42.5 Å². The van der Waals surface area contributed by atoms with Crippen molar-refractivity contribution in [2.75, 3.05) is 40.8 Å². The number of nitrogens with zero attached hydrogens (tertiary/aromatic N) is 3. The molecule has 0 aromatic carbocycles. The summed E-state index contributed by atoms with van der Waals surface area (Å²) in [5, 5.41) is 27.5. The summed E-state index contributed by atoms with van der Waals surface area (Å²) in [6, 6.07) is 0. The van der Waals surface area contributed by atoms with E-state index in [1.54, 1.807) is 6.92 Å². The van der Waals surface area contributed by atoms with E-state index in [1.165, 1.54) is 49.8 Å². The number of likely N-dealkylation sites (N-methyl/N-ethyl adjacent to an activating group) is 1. The van der Waals surface area contributed by atoms with E-state index in [4.69, 9.17) is 9.84 Å². The van der Waals surface area contributed by atoms with Gasteiger partial charge in [-0.05, 0) is 6.42 Å². The maximum atomic E-state index is 11.9. The van der Waals surface area contributed by atoms with Crippen LogP contribution in [0.25, 0.3) is 0 Å². The van der Waals surface area contributed by atoms with Crippen LogP contribution in [-0.2, 0) is 19.1 Å². The number of ether oxygens (including phenoxy) is 1. The van der Waals surface area contributed by atoms with Crippen molar-refractivity contribution >= 4 is 24.2 Å². The molecule has 1 rings (SSSR count). The van der Waals surface area contributed by atoms with E-state index in [9.17, 15) is 24.6 Å². The van der Waals surface area contributed by atoms with Crippen LogP contribution < -0.4 is 29.6 Å². The third kappa shape index (κ3) is 15.8. The predicted molar refractivity (Wildman–Crippen MR) is 136 cm³/mol. The Bertz CT molecular complexity index is 671. The Morgan fingerprint density at radius 3 is 1.83 bits per heavy atom. The Kier molecular flexibility index (Phi) is 20.4. The van der Waals surface area contributed by atoms with Crippen molar-refractivity contribution in [1.82, 2.24) is 4.90 Å². The number of unbranched alkanes of at least 4 members (excludes halogenated alkanes) is 8. The molecule has 0 radical (unpaired) electrons. The Hall–Kier alpha value is -1.20. The third-order valence-corrected chi connectivity index (χ3v) is 5.76. The maximum Gasteiger partial charge on any atom is 1.00 e. The molecule has 11 heteroatoms. The topological polar surface area (TPSA) is 137 Å². The van der Waals surface area contributed by atoms with Crippen LogP contribution >= 0.6 is 0 Å². The van der Waals surface area contributed by atoms with Gasteiger partial charge in [0.15, 0.2) is 12.6 Å². The number of aliphatic carboxylic acids is 3. The first-order valence-electron chi connectivity index (χ1n) is 12.8. The van der Waals surface area contributed by atoms with Gasteiger partial charge in [0.2, 0.25) is 5.72 Å². The molecule has 3 N–H and O–H groups in total. The van der Waals surface area contributed by atoms with Crippen molar-refractivity contribution in [3.05, 3.63) is 0 Å². The molecule has 2 atom stereocenters. The van der Waals surface area contributed by atoms with Gasteiger partial charge < -0.3 is 29.4 Å². The quantitative estimate of drug-likeness (QED) is 0.135. The normalized spacial score (nSPS) is 15.3. The fourth-order valence-corrected chi connectivity index (χ4v) is 3.85. The fourth-order valence-electron chi connectivity index (χ4n) is 3.85. The molecule has 36 heavy (non-hydrogen) atoms. The first-order chi connectivity index (χ1) is 16.4. The van der Waals surface area contributed by atoms with Gasteiger partial charge in [0.1, 0.15) is 0 Å². The summed E-state index contributed by atoms with van der Waals surface area (Å²) in [5.74, 6) is -3.03. The fraction of sp³-hybridized carbons (Fsp3) is 0.840. The molecule has 0 aromatic rings. The molecule has 0 bridgehead atoms. The first kappa shape index (κ1) is 37.0. The number of quaternary nitrogens is 1. The molecule has 0 aliphatic carbocycles. The van der Waals surface area contributed by atoms with Crippen LogP contribution in [0.4, 0.5) is 0 Å². The Morgan fingerprint density at radius 1 is 0.972 bits per heavy atom. The zero-order chi connectivity index (χ0) is 26.9. The van der Waals surface area contributed by atoms with Crippen molar-refractivity contribution in [3.63, 3.8) is 0 Å². The monoisotopic (exact) mass is 525 g/mol. The van der Waals surface area contributed by atoms with Gasteiger partial charge in [0, 0.05) is 13.0 Å². The standard InChI is InChI=1S/C20H36N2O5.C5H11NO2.Na/c1-3-5-6-7-8-9-10-11-12-13-17(18(23)24)27-20(4-2,19(25)26)22-15-14-21-16-22;1-6(2,3)4-5(7)8;/h16-17H,3-15H2,1-2H3,(H,23,24)(H,25,26);4H2,1-3H3;/q;;+1/p+1. The summed E-state index contributed by atoms with van der Waals surface area (Å²) in [5.41, 5.74) is -1.66. The van der Waals surface area contributed by atoms with Crippen LogP contribution in [0.5, 0.6) is 0 Å². The molecule has 0 amide bonds. The van der Waals surface area contributed by atoms with Gasteiger partial charge >= 0.3 is 47.5 Å². The van der Waals surface area contributed by atoms with Crippen LogP contribution in [0.1, 0.15) is 84.5 Å². The van der Waals surface area contributed by atoms with Crippen molar-refractivity contribution < 1.29 is 68.5 Å². The predicted octanol–water partition coefficient (Wildman–Crippen LogP) is 0.693. The summed E-state index contributed by atoms with van der Waals surface area (Å²) < 4.78 is 6.18. The van der Waals surface area contributed by atoms with Gasteiger partial charge in [0.05, 0.1) is 34.0 Å². The minimum Gasteiger partial charge on any atom is -0.479 e. The van der Waals surface area contributed by atoms with Crippen LogP contribution in [-0.4, -0.2) is 102 Å². The summed E-state index contributed by atoms with van der Waals surface area (Å²) >= 11 is 0. The van der Waals surface area contributed by atoms with Crippen LogP contribution in [0.15, 0.2) is 4.99 Å². The maximum absolute atomic E-state index is 11.9. The molecule has 10 nitrogen and oxygen atoms in total. The number of hydrogen-bond acceptors (Lipinski definition) is 6. The molecule has 0 spiro atoms. The summed E-state index contributed by atoms with van der Waals surface area (Å²) in [6.07, 6.45) is 11.0. The third-order valence-electron chi connectivity index (χ3n) is 5.76. The zero-order valence-electron chi connectivity index (χ0n) is 23.4. The number of carboxylic acids is 3. The second-order valence-electron chi connectivity index (χ2n) is 10.1. The second-order valence-corrected chi connectivity index (χ2v) is 10.1. The van der Waals surface area contributed by atoms with E-state index in [0.717, 1.165) is 19.3 Å². The second kappa shape index (κ2) is 19.9. The molecule has 0 aromatic heterocycles. The molecule has 1 heterocycles. The van der Waals surface area contributed by atoms with Gasteiger partial charge in [-0.25, -0.2) is 14.4 Å². The van der Waals surface area contributed by atoms with Gasteiger partial charge in [-0.1, -0.05) is 71.6 Å². The number of carboxylic acid groups (broad SMARTS) is 3. The molecular formula is C25H48N3NaO7+2. The molecule has 0 fully saturated rings. The van der Waals surface area contributed by atoms with Crippen LogP contribution in [0.2, 0.25) is 0 Å². The Balaban J connectivity index is 0. The Morgan fingerprint density at radius 2 is 1.50 bits per heavy atom. The molecule has 0 saturated carbocycles. The van der Waals surface area contributed by atoms with Gasteiger partial charge in [0.25, 0.3) is 0 Å². The van der Waals surface area contributed by atoms with Gasteiger partial charge in [-0.3, -0.25) is 4.99 Å². The largest absolute Gasteiger partial charge is 1.00 e. The molecule has 1 aliphatic heterocycles. The smallest absolute Gasteiger partial charge is 0.479 e. The molecule has 1 aliphatic rings. The summed E-state index contributed by atoms with van der Waals surface area (Å²) in [7, 11) is 5.52. The van der Waals surface area contributed by atoms with E-state index < -0.39 is 29.7 Å². The van der Waals surface area contributed by atoms with Crippen LogP contribution in [0.3, 0.4) is 0 Å². The number of aliphatic imine (C=N–C) groups is 1. The van der Waals surface area contributed by atoms with E-state index in [1.807, 2.05) is 21.1 Å². The summed E-state index contributed by atoms with van der Waals surface area (Å²) in [6.45, 7) is 4.99.